The molecule has 0 aliphatic carbocycles. The van der Waals surface area contributed by atoms with E-state index >= 15 is 0 Å². The van der Waals surface area contributed by atoms with E-state index in [1.54, 1.807) is 36.5 Å². The van der Waals surface area contributed by atoms with Crippen LogP contribution in [0.1, 0.15) is 38.0 Å². The zero-order valence-corrected chi connectivity index (χ0v) is 14.3. The second kappa shape index (κ2) is 8.63. The summed E-state index contributed by atoms with van der Waals surface area (Å²) in [5.41, 5.74) is 0.544. The Kier molecular flexibility index (Phi) is 6.53. The van der Waals surface area contributed by atoms with Crippen LogP contribution in [0.5, 0.6) is 5.75 Å². The van der Waals surface area contributed by atoms with Crippen molar-refractivity contribution in [1.82, 2.24) is 0 Å². The summed E-state index contributed by atoms with van der Waals surface area (Å²) >= 11 is 1.62. The number of benzene rings is 1. The maximum absolute atomic E-state index is 14.3. The van der Waals surface area contributed by atoms with E-state index in [-0.39, 0.29) is 11.6 Å². The van der Waals surface area contributed by atoms with Gasteiger partial charge >= 0.3 is 5.97 Å². The van der Waals surface area contributed by atoms with Gasteiger partial charge in [-0.2, -0.15) is 0 Å². The first-order valence-corrected chi connectivity index (χ1v) is 8.68. The number of carbonyl (C=O) groups is 1. The summed E-state index contributed by atoms with van der Waals surface area (Å²) < 4.78 is 19.3. The van der Waals surface area contributed by atoms with Crippen molar-refractivity contribution in [1.29, 1.82) is 0 Å². The first-order chi connectivity index (χ1) is 11.1. The normalized spacial score (nSPS) is 11.1. The molecule has 0 amide bonds. The fourth-order valence-corrected chi connectivity index (χ4v) is 3.33. The van der Waals surface area contributed by atoms with Crippen LogP contribution in [-0.2, 0) is 11.2 Å². The molecule has 23 heavy (non-hydrogen) atoms. The van der Waals surface area contributed by atoms with Crippen molar-refractivity contribution in [2.75, 3.05) is 0 Å². The molecule has 2 nitrogen and oxygen atoms in total. The third kappa shape index (κ3) is 5.03. The summed E-state index contributed by atoms with van der Waals surface area (Å²) in [5.74, 6) is -0.666. The van der Waals surface area contributed by atoms with Gasteiger partial charge in [-0.25, -0.2) is 9.18 Å². The summed E-state index contributed by atoms with van der Waals surface area (Å²) in [7, 11) is 0. The molecule has 0 saturated carbocycles. The Bertz CT molecular complexity index is 688. The third-order valence-electron chi connectivity index (χ3n) is 3.42. The minimum absolute atomic E-state index is 0.217. The molecule has 122 valence electrons. The standard InChI is InChI=1S/C19H21FO2S/c1-3-5-6-8-15-10-12-18(23-15)16-11-9-14(13-17(16)20)22-19(21)7-4-2/h4,7,9-13H,3,5-6,8H2,1-2H3. The molecule has 1 aromatic heterocycles. The van der Waals surface area contributed by atoms with Crippen molar-refractivity contribution in [3.8, 4) is 16.2 Å². The molecular weight excluding hydrogens is 311 g/mol. The van der Waals surface area contributed by atoms with Gasteiger partial charge in [0.05, 0.1) is 0 Å². The molecule has 0 bridgehead atoms. The van der Waals surface area contributed by atoms with Gasteiger partial charge in [-0.1, -0.05) is 25.8 Å². The molecule has 0 aliphatic rings. The van der Waals surface area contributed by atoms with Gasteiger partial charge in [0, 0.05) is 27.5 Å². The number of rotatable bonds is 7. The van der Waals surface area contributed by atoms with Crippen molar-refractivity contribution in [2.24, 2.45) is 0 Å². The number of unbranched alkanes of at least 4 members (excludes halogenated alkanes) is 2. The van der Waals surface area contributed by atoms with Gasteiger partial charge in [-0.3, -0.25) is 0 Å². The van der Waals surface area contributed by atoms with Crippen molar-refractivity contribution in [3.63, 3.8) is 0 Å². The zero-order valence-electron chi connectivity index (χ0n) is 13.5. The van der Waals surface area contributed by atoms with Gasteiger partial charge in [0.1, 0.15) is 11.6 Å². The number of ether oxygens (including phenoxy) is 1. The smallest absolute Gasteiger partial charge is 0.335 e. The Balaban J connectivity index is 2.10. The molecular formula is C19H21FO2S. The van der Waals surface area contributed by atoms with Crippen LogP contribution in [0.15, 0.2) is 42.5 Å². The maximum Gasteiger partial charge on any atom is 0.335 e. The molecule has 0 saturated heterocycles. The summed E-state index contributed by atoms with van der Waals surface area (Å²) in [6.45, 7) is 3.90. The van der Waals surface area contributed by atoms with Crippen molar-refractivity contribution < 1.29 is 13.9 Å². The average Bonchev–Trinajstić information content (AvgIpc) is 2.96. The molecule has 2 aromatic rings. The number of halogens is 1. The second-order valence-corrected chi connectivity index (χ2v) is 6.45. The quantitative estimate of drug-likeness (QED) is 0.278. The van der Waals surface area contributed by atoms with Crippen LogP contribution < -0.4 is 4.74 Å². The molecule has 0 radical (unpaired) electrons. The van der Waals surface area contributed by atoms with Gasteiger partial charge in [-0.15, -0.1) is 11.3 Å². The van der Waals surface area contributed by atoms with Gasteiger partial charge in [0.25, 0.3) is 0 Å². The maximum atomic E-state index is 14.3. The highest BCUT2D eigenvalue weighted by molar-refractivity contribution is 7.15. The molecule has 0 atom stereocenters. The molecule has 0 N–H and O–H groups in total. The molecule has 2 rings (SSSR count). The van der Waals surface area contributed by atoms with E-state index in [4.69, 9.17) is 4.74 Å². The molecule has 0 spiro atoms. The monoisotopic (exact) mass is 332 g/mol. The minimum Gasteiger partial charge on any atom is -0.423 e. The summed E-state index contributed by atoms with van der Waals surface area (Å²) in [6, 6.07) is 8.56. The lowest BCUT2D eigenvalue weighted by atomic mass is 10.1. The number of esters is 1. The molecule has 1 heterocycles. The highest BCUT2D eigenvalue weighted by Gasteiger charge is 2.11. The Morgan fingerprint density at radius 2 is 2.09 bits per heavy atom. The number of allylic oxidation sites excluding steroid dienone is 1. The lowest BCUT2D eigenvalue weighted by Gasteiger charge is -2.04. The van der Waals surface area contributed by atoms with Crippen LogP contribution in [0, 0.1) is 5.82 Å². The molecule has 0 aliphatic heterocycles. The van der Waals surface area contributed by atoms with E-state index < -0.39 is 5.97 Å². The highest BCUT2D eigenvalue weighted by atomic mass is 32.1. The Morgan fingerprint density at radius 3 is 2.78 bits per heavy atom. The molecule has 1 aromatic carbocycles. The largest absolute Gasteiger partial charge is 0.423 e. The predicted molar refractivity (Wildman–Crippen MR) is 93.4 cm³/mol. The van der Waals surface area contributed by atoms with E-state index in [9.17, 15) is 9.18 Å². The summed E-state index contributed by atoms with van der Waals surface area (Å²) in [5, 5.41) is 0. The van der Waals surface area contributed by atoms with Crippen LogP contribution in [0.2, 0.25) is 0 Å². The lowest BCUT2D eigenvalue weighted by molar-refractivity contribution is -0.129. The Morgan fingerprint density at radius 1 is 1.26 bits per heavy atom. The zero-order chi connectivity index (χ0) is 16.7. The van der Waals surface area contributed by atoms with E-state index in [1.165, 1.54) is 36.3 Å². The van der Waals surface area contributed by atoms with Gasteiger partial charge < -0.3 is 4.74 Å². The summed E-state index contributed by atoms with van der Waals surface area (Å²) in [6.07, 6.45) is 7.50. The van der Waals surface area contributed by atoms with E-state index in [1.807, 2.05) is 6.07 Å². The van der Waals surface area contributed by atoms with Crippen LogP contribution in [0.3, 0.4) is 0 Å². The second-order valence-electron chi connectivity index (χ2n) is 5.29. The molecule has 0 unspecified atom stereocenters. The number of carbonyl (C=O) groups excluding carboxylic acids is 1. The fraction of sp³-hybridized carbons (Fsp3) is 0.316. The van der Waals surface area contributed by atoms with Crippen LogP contribution >= 0.6 is 11.3 Å². The highest BCUT2D eigenvalue weighted by Crippen LogP contribution is 2.32. The number of aryl methyl sites for hydroxylation is 1. The predicted octanol–water partition coefficient (Wildman–Crippen LogP) is 5.77. The Labute approximate surface area is 140 Å². The first kappa shape index (κ1) is 17.4. The third-order valence-corrected chi connectivity index (χ3v) is 4.59. The number of thiophene rings is 1. The fourth-order valence-electron chi connectivity index (χ4n) is 2.25. The van der Waals surface area contributed by atoms with E-state index in [0.29, 0.717) is 5.56 Å². The Hall–Kier alpha value is -1.94. The van der Waals surface area contributed by atoms with Crippen molar-refractivity contribution in [3.05, 3.63) is 53.2 Å². The van der Waals surface area contributed by atoms with Crippen LogP contribution in [-0.4, -0.2) is 5.97 Å². The topological polar surface area (TPSA) is 26.3 Å². The SMILES string of the molecule is CC=CC(=O)Oc1ccc(-c2ccc(CCCCC)s2)c(F)c1. The van der Waals surface area contributed by atoms with Gasteiger partial charge in [-0.05, 0) is 44.0 Å². The van der Waals surface area contributed by atoms with E-state index in [0.717, 1.165) is 11.3 Å². The number of hydrogen-bond donors (Lipinski definition) is 0. The van der Waals surface area contributed by atoms with Gasteiger partial charge in [0.2, 0.25) is 0 Å². The van der Waals surface area contributed by atoms with E-state index in [2.05, 4.69) is 13.0 Å². The number of hydrogen-bond acceptors (Lipinski definition) is 3. The van der Waals surface area contributed by atoms with Crippen molar-refractivity contribution in [2.45, 2.75) is 39.5 Å². The summed E-state index contributed by atoms with van der Waals surface area (Å²) in [4.78, 5) is 13.6. The minimum atomic E-state index is -0.506. The average molecular weight is 332 g/mol. The van der Waals surface area contributed by atoms with Crippen LogP contribution in [0.25, 0.3) is 10.4 Å². The van der Waals surface area contributed by atoms with Crippen LogP contribution in [0.4, 0.5) is 4.39 Å². The van der Waals surface area contributed by atoms with Gasteiger partial charge in [0.15, 0.2) is 0 Å². The lowest BCUT2D eigenvalue weighted by Crippen LogP contribution is -2.03. The molecule has 4 heteroatoms. The van der Waals surface area contributed by atoms with Crippen molar-refractivity contribution >= 4 is 17.3 Å². The first-order valence-electron chi connectivity index (χ1n) is 7.87. The molecule has 0 fully saturated rings.